The molecular formula is C17H35N3O. The molecule has 0 aromatic rings. The van der Waals surface area contributed by atoms with E-state index in [9.17, 15) is 0 Å². The molecule has 4 nitrogen and oxygen atoms in total. The second kappa shape index (κ2) is 6.95. The van der Waals surface area contributed by atoms with Crippen molar-refractivity contribution < 1.29 is 4.74 Å². The zero-order valence-corrected chi connectivity index (χ0v) is 14.7. The first-order valence-corrected chi connectivity index (χ1v) is 8.55. The lowest BCUT2D eigenvalue weighted by Gasteiger charge is -2.46. The third kappa shape index (κ3) is 5.20. The van der Waals surface area contributed by atoms with E-state index in [1.54, 1.807) is 0 Å². The first-order valence-electron chi connectivity index (χ1n) is 8.55. The van der Waals surface area contributed by atoms with Gasteiger partial charge in [-0.2, -0.15) is 0 Å². The fraction of sp³-hybridized carbons (Fsp3) is 1.00. The topological polar surface area (TPSA) is 27.7 Å². The van der Waals surface area contributed by atoms with E-state index in [0.717, 1.165) is 19.8 Å². The summed E-state index contributed by atoms with van der Waals surface area (Å²) in [4.78, 5) is 5.12. The number of piperazine rings is 1. The molecule has 21 heavy (non-hydrogen) atoms. The molecule has 2 aliphatic rings. The molecule has 0 spiro atoms. The van der Waals surface area contributed by atoms with Gasteiger partial charge in [-0.15, -0.1) is 0 Å². The molecule has 0 saturated carbocycles. The van der Waals surface area contributed by atoms with Gasteiger partial charge in [-0.1, -0.05) is 0 Å². The zero-order valence-electron chi connectivity index (χ0n) is 14.7. The summed E-state index contributed by atoms with van der Waals surface area (Å²) in [7, 11) is 2.23. The molecule has 0 aliphatic carbocycles. The molecule has 0 radical (unpaired) electrons. The molecule has 0 amide bonds. The van der Waals surface area contributed by atoms with Crippen molar-refractivity contribution in [3.05, 3.63) is 0 Å². The van der Waals surface area contributed by atoms with Crippen LogP contribution >= 0.6 is 0 Å². The molecule has 2 saturated heterocycles. The number of likely N-dealkylation sites (N-methyl/N-ethyl adjacent to an activating group) is 1. The summed E-state index contributed by atoms with van der Waals surface area (Å²) < 4.78 is 5.87. The van der Waals surface area contributed by atoms with E-state index in [1.807, 2.05) is 0 Å². The number of hydrogen-bond donors (Lipinski definition) is 1. The van der Waals surface area contributed by atoms with Gasteiger partial charge in [0.25, 0.3) is 0 Å². The van der Waals surface area contributed by atoms with Crippen LogP contribution in [-0.2, 0) is 4.74 Å². The summed E-state index contributed by atoms with van der Waals surface area (Å²) in [5.74, 6) is 0. The summed E-state index contributed by atoms with van der Waals surface area (Å²) in [5, 5.41) is 3.73. The van der Waals surface area contributed by atoms with Gasteiger partial charge in [0, 0.05) is 56.3 Å². The van der Waals surface area contributed by atoms with Gasteiger partial charge in [0.15, 0.2) is 0 Å². The third-order valence-corrected chi connectivity index (χ3v) is 4.90. The van der Waals surface area contributed by atoms with Crippen LogP contribution in [0, 0.1) is 5.41 Å². The first kappa shape index (κ1) is 17.2. The van der Waals surface area contributed by atoms with Crippen LogP contribution in [0.3, 0.4) is 0 Å². The molecular weight excluding hydrogens is 262 g/mol. The predicted molar refractivity (Wildman–Crippen MR) is 88.8 cm³/mol. The van der Waals surface area contributed by atoms with Crippen molar-refractivity contribution in [2.45, 2.75) is 52.1 Å². The summed E-state index contributed by atoms with van der Waals surface area (Å²) in [6.45, 7) is 16.8. The molecule has 2 atom stereocenters. The summed E-state index contributed by atoms with van der Waals surface area (Å²) in [6.07, 6.45) is 2.49. The van der Waals surface area contributed by atoms with Crippen molar-refractivity contribution in [2.24, 2.45) is 5.41 Å². The average Bonchev–Trinajstić information content (AvgIpc) is 2.41. The maximum Gasteiger partial charge on any atom is 0.0546 e. The molecule has 0 aromatic carbocycles. The highest BCUT2D eigenvalue weighted by molar-refractivity contribution is 4.92. The Hall–Kier alpha value is -0.160. The Labute approximate surface area is 131 Å². The van der Waals surface area contributed by atoms with Crippen LogP contribution in [0.5, 0.6) is 0 Å². The van der Waals surface area contributed by atoms with E-state index in [2.05, 4.69) is 49.9 Å². The lowest BCUT2D eigenvalue weighted by molar-refractivity contribution is -0.0432. The van der Waals surface area contributed by atoms with Crippen LogP contribution < -0.4 is 5.32 Å². The lowest BCUT2D eigenvalue weighted by atomic mass is 9.80. The molecule has 0 bridgehead atoms. The largest absolute Gasteiger partial charge is 0.381 e. The fourth-order valence-electron chi connectivity index (χ4n) is 3.53. The second-order valence-electron chi connectivity index (χ2n) is 8.34. The second-order valence-corrected chi connectivity index (χ2v) is 8.34. The van der Waals surface area contributed by atoms with E-state index in [0.29, 0.717) is 6.04 Å². The van der Waals surface area contributed by atoms with Crippen molar-refractivity contribution in [1.82, 2.24) is 15.1 Å². The molecule has 4 heteroatoms. The summed E-state index contributed by atoms with van der Waals surface area (Å²) in [5.41, 5.74) is 0.466. The maximum absolute atomic E-state index is 5.87. The molecule has 0 aromatic heterocycles. The highest BCUT2D eigenvalue weighted by atomic mass is 16.5. The van der Waals surface area contributed by atoms with E-state index in [-0.39, 0.29) is 11.0 Å². The van der Waals surface area contributed by atoms with Crippen LogP contribution in [0.15, 0.2) is 0 Å². The Morgan fingerprint density at radius 2 is 2.05 bits per heavy atom. The van der Waals surface area contributed by atoms with Crippen molar-refractivity contribution >= 4 is 0 Å². The Bertz CT molecular complexity index is 320. The van der Waals surface area contributed by atoms with Crippen LogP contribution in [0.1, 0.15) is 40.5 Å². The van der Waals surface area contributed by atoms with Gasteiger partial charge < -0.3 is 15.0 Å². The van der Waals surface area contributed by atoms with Crippen LogP contribution in [0.25, 0.3) is 0 Å². The van der Waals surface area contributed by atoms with Gasteiger partial charge in [-0.25, -0.2) is 0 Å². The Balaban J connectivity index is 1.98. The Morgan fingerprint density at radius 1 is 1.29 bits per heavy atom. The Kier molecular flexibility index (Phi) is 5.69. The normalized spacial score (nSPS) is 33.3. The van der Waals surface area contributed by atoms with Crippen LogP contribution in [-0.4, -0.2) is 74.4 Å². The molecule has 2 heterocycles. The van der Waals surface area contributed by atoms with Gasteiger partial charge in [0.2, 0.25) is 0 Å². The van der Waals surface area contributed by atoms with E-state index >= 15 is 0 Å². The predicted octanol–water partition coefficient (Wildman–Crippen LogP) is 1.81. The number of rotatable bonds is 4. The first-order chi connectivity index (χ1) is 9.80. The van der Waals surface area contributed by atoms with E-state index in [4.69, 9.17) is 4.74 Å². The molecule has 1 N–H and O–H groups in total. The van der Waals surface area contributed by atoms with E-state index < -0.39 is 0 Å². The highest BCUT2D eigenvalue weighted by Gasteiger charge is 2.37. The smallest absolute Gasteiger partial charge is 0.0546 e. The Morgan fingerprint density at radius 3 is 2.62 bits per heavy atom. The SMILES string of the molecule is CC1CN(C)CCN1CC1(CNC(C)(C)C)CCCOC1. The minimum atomic E-state index is 0.179. The number of ether oxygens (including phenoxy) is 1. The third-order valence-electron chi connectivity index (χ3n) is 4.90. The van der Waals surface area contributed by atoms with Gasteiger partial charge in [-0.3, -0.25) is 4.90 Å². The lowest BCUT2D eigenvalue weighted by Crippen LogP contribution is -2.58. The molecule has 2 fully saturated rings. The standard InChI is InChI=1S/C17H35N3O/c1-15-11-19(5)8-9-20(15)13-17(7-6-10-21-14-17)12-18-16(2,3)4/h15,18H,6-14H2,1-5H3. The minimum Gasteiger partial charge on any atom is -0.381 e. The van der Waals surface area contributed by atoms with Crippen molar-refractivity contribution in [3.63, 3.8) is 0 Å². The van der Waals surface area contributed by atoms with Crippen LogP contribution in [0.2, 0.25) is 0 Å². The van der Waals surface area contributed by atoms with Crippen molar-refractivity contribution in [1.29, 1.82) is 0 Å². The number of nitrogens with zero attached hydrogens (tertiary/aromatic N) is 2. The van der Waals surface area contributed by atoms with Crippen molar-refractivity contribution in [3.8, 4) is 0 Å². The summed E-state index contributed by atoms with van der Waals surface area (Å²) in [6, 6.07) is 0.650. The minimum absolute atomic E-state index is 0.179. The zero-order chi connectivity index (χ0) is 15.5. The maximum atomic E-state index is 5.87. The molecule has 2 rings (SSSR count). The van der Waals surface area contributed by atoms with Gasteiger partial charge in [-0.05, 0) is 47.6 Å². The monoisotopic (exact) mass is 297 g/mol. The molecule has 124 valence electrons. The molecule has 2 unspecified atom stereocenters. The fourth-order valence-corrected chi connectivity index (χ4v) is 3.53. The highest BCUT2D eigenvalue weighted by Crippen LogP contribution is 2.31. The number of hydrogen-bond acceptors (Lipinski definition) is 4. The van der Waals surface area contributed by atoms with Crippen molar-refractivity contribution in [2.75, 3.05) is 53.0 Å². The van der Waals surface area contributed by atoms with E-state index in [1.165, 1.54) is 39.0 Å². The van der Waals surface area contributed by atoms with Gasteiger partial charge in [0.05, 0.1) is 6.61 Å². The molecule has 2 aliphatic heterocycles. The number of nitrogens with one attached hydrogen (secondary N) is 1. The quantitative estimate of drug-likeness (QED) is 0.856. The van der Waals surface area contributed by atoms with Crippen LogP contribution in [0.4, 0.5) is 0 Å². The summed E-state index contributed by atoms with van der Waals surface area (Å²) >= 11 is 0. The average molecular weight is 297 g/mol. The van der Waals surface area contributed by atoms with Gasteiger partial charge in [0.1, 0.15) is 0 Å². The van der Waals surface area contributed by atoms with Gasteiger partial charge >= 0.3 is 0 Å².